The van der Waals surface area contributed by atoms with Gasteiger partial charge in [0, 0.05) is 12.8 Å². The third-order valence-corrected chi connectivity index (χ3v) is 1.16. The van der Waals surface area contributed by atoms with Crippen LogP contribution in [0.15, 0.2) is 0 Å². The molecule has 10 heavy (non-hydrogen) atoms. The molecule has 0 aliphatic heterocycles. The molecular weight excluding hydrogens is 128 g/mol. The Morgan fingerprint density at radius 3 is 2.10 bits per heavy atom. The van der Waals surface area contributed by atoms with Crippen LogP contribution in [-0.2, 0) is 4.79 Å². The lowest BCUT2D eigenvalue weighted by Crippen LogP contribution is -2.10. The van der Waals surface area contributed by atoms with Gasteiger partial charge in [-0.3, -0.25) is 4.79 Å². The van der Waals surface area contributed by atoms with Crippen molar-refractivity contribution in [1.82, 2.24) is 0 Å². The lowest BCUT2D eigenvalue weighted by molar-refractivity contribution is -0.121. The van der Waals surface area contributed by atoms with E-state index in [4.69, 9.17) is 5.11 Å². The van der Waals surface area contributed by atoms with Crippen molar-refractivity contribution in [1.29, 1.82) is 0 Å². The van der Waals surface area contributed by atoms with Crippen LogP contribution in [0.25, 0.3) is 0 Å². The first kappa shape index (κ1) is 9.63. The fourth-order valence-electron chi connectivity index (χ4n) is 0.868. The van der Waals surface area contributed by atoms with E-state index in [1.807, 2.05) is 13.8 Å². The van der Waals surface area contributed by atoms with Crippen LogP contribution in [0.2, 0.25) is 0 Å². The minimum Gasteiger partial charge on any atom is -0.393 e. The van der Waals surface area contributed by atoms with Crippen LogP contribution in [0.4, 0.5) is 0 Å². The van der Waals surface area contributed by atoms with Gasteiger partial charge < -0.3 is 5.11 Å². The summed E-state index contributed by atoms with van der Waals surface area (Å²) in [6.45, 7) is 5.64. The molecule has 0 spiro atoms. The maximum Gasteiger partial charge on any atom is 0.135 e. The zero-order valence-corrected chi connectivity index (χ0v) is 6.92. The monoisotopic (exact) mass is 144 g/mol. The van der Waals surface area contributed by atoms with Gasteiger partial charge in [-0.25, -0.2) is 0 Å². The van der Waals surface area contributed by atoms with E-state index in [1.165, 1.54) is 0 Å². The van der Waals surface area contributed by atoms with Crippen LogP contribution in [0, 0.1) is 5.92 Å². The maximum absolute atomic E-state index is 10.9. The Morgan fingerprint density at radius 1 is 1.30 bits per heavy atom. The lowest BCUT2D eigenvalue weighted by atomic mass is 10.0. The number of aliphatic hydroxyl groups excluding tert-OH is 1. The SMILES string of the molecule is CC(C)CC(=O)CC(C)O. The van der Waals surface area contributed by atoms with Gasteiger partial charge in [0.1, 0.15) is 5.78 Å². The molecule has 1 unspecified atom stereocenters. The molecule has 0 aromatic carbocycles. The molecule has 0 aliphatic carbocycles. The third-order valence-electron chi connectivity index (χ3n) is 1.16. The van der Waals surface area contributed by atoms with Gasteiger partial charge in [-0.15, -0.1) is 0 Å². The first-order valence-electron chi connectivity index (χ1n) is 3.72. The van der Waals surface area contributed by atoms with Gasteiger partial charge >= 0.3 is 0 Å². The predicted molar refractivity (Wildman–Crippen MR) is 40.8 cm³/mol. The van der Waals surface area contributed by atoms with Crippen LogP contribution >= 0.6 is 0 Å². The minimum absolute atomic E-state index is 0.157. The molecule has 1 N–H and O–H groups in total. The number of carbonyl (C=O) groups is 1. The highest BCUT2D eigenvalue weighted by molar-refractivity contribution is 5.78. The fraction of sp³-hybridized carbons (Fsp3) is 0.875. The maximum atomic E-state index is 10.9. The smallest absolute Gasteiger partial charge is 0.135 e. The number of rotatable bonds is 4. The van der Waals surface area contributed by atoms with Crippen molar-refractivity contribution in [3.63, 3.8) is 0 Å². The topological polar surface area (TPSA) is 37.3 Å². The van der Waals surface area contributed by atoms with Crippen LogP contribution in [-0.4, -0.2) is 17.0 Å². The zero-order chi connectivity index (χ0) is 8.15. The summed E-state index contributed by atoms with van der Waals surface area (Å²) in [5.74, 6) is 0.566. The number of carbonyl (C=O) groups excluding carboxylic acids is 1. The molecule has 60 valence electrons. The van der Waals surface area contributed by atoms with Crippen molar-refractivity contribution in [2.75, 3.05) is 0 Å². The first-order valence-corrected chi connectivity index (χ1v) is 3.72. The predicted octanol–water partition coefficient (Wildman–Crippen LogP) is 1.37. The molecule has 0 aliphatic rings. The van der Waals surface area contributed by atoms with Gasteiger partial charge in [-0.1, -0.05) is 13.8 Å². The summed E-state index contributed by atoms with van der Waals surface area (Å²) in [5, 5.41) is 8.81. The molecule has 0 amide bonds. The van der Waals surface area contributed by atoms with Crippen molar-refractivity contribution in [3.05, 3.63) is 0 Å². The molecule has 0 saturated carbocycles. The Balaban J connectivity index is 3.44. The number of ketones is 1. The second kappa shape index (κ2) is 4.45. The summed E-state index contributed by atoms with van der Waals surface area (Å²) >= 11 is 0. The van der Waals surface area contributed by atoms with Gasteiger partial charge in [0.05, 0.1) is 6.10 Å². The Labute approximate surface area is 62.2 Å². The first-order chi connectivity index (χ1) is 4.52. The summed E-state index contributed by atoms with van der Waals surface area (Å²) in [4.78, 5) is 10.9. The van der Waals surface area contributed by atoms with Crippen LogP contribution in [0.1, 0.15) is 33.6 Å². The molecule has 0 rings (SSSR count). The van der Waals surface area contributed by atoms with Crippen LogP contribution in [0.5, 0.6) is 0 Å². The summed E-state index contributed by atoms with van der Waals surface area (Å²) in [5.41, 5.74) is 0. The van der Waals surface area contributed by atoms with E-state index >= 15 is 0 Å². The van der Waals surface area contributed by atoms with Crippen molar-refractivity contribution in [2.24, 2.45) is 5.92 Å². The molecule has 1 atom stereocenters. The van der Waals surface area contributed by atoms with Gasteiger partial charge in [0.25, 0.3) is 0 Å². The fourth-order valence-corrected chi connectivity index (χ4v) is 0.868. The van der Waals surface area contributed by atoms with Crippen LogP contribution < -0.4 is 0 Å². The molecule has 0 fully saturated rings. The Morgan fingerprint density at radius 2 is 1.80 bits per heavy atom. The second-order valence-electron chi connectivity index (χ2n) is 3.19. The van der Waals surface area contributed by atoms with Gasteiger partial charge in [-0.2, -0.15) is 0 Å². The molecule has 0 saturated heterocycles. The summed E-state index contributed by atoms with van der Waals surface area (Å²) in [6, 6.07) is 0. The van der Waals surface area contributed by atoms with Gasteiger partial charge in [0.2, 0.25) is 0 Å². The standard InChI is InChI=1S/C8H16O2/c1-6(2)4-8(10)5-7(3)9/h6-7,9H,4-5H2,1-3H3. The molecule has 0 aromatic rings. The zero-order valence-electron chi connectivity index (χ0n) is 6.92. The van der Waals surface area contributed by atoms with Crippen molar-refractivity contribution in [2.45, 2.75) is 39.7 Å². The van der Waals surface area contributed by atoms with E-state index in [1.54, 1.807) is 6.92 Å². The number of hydrogen-bond donors (Lipinski definition) is 1. The molecule has 2 nitrogen and oxygen atoms in total. The normalized spacial score (nSPS) is 13.7. The number of Topliss-reactive ketones (excluding diaryl/α,β-unsaturated/α-hetero) is 1. The van der Waals surface area contributed by atoms with E-state index in [-0.39, 0.29) is 5.78 Å². The molecule has 0 bridgehead atoms. The Hall–Kier alpha value is -0.370. The quantitative estimate of drug-likeness (QED) is 0.647. The largest absolute Gasteiger partial charge is 0.393 e. The van der Waals surface area contributed by atoms with E-state index in [2.05, 4.69) is 0 Å². The number of hydrogen-bond acceptors (Lipinski definition) is 2. The molecule has 2 heteroatoms. The molecule has 0 heterocycles. The lowest BCUT2D eigenvalue weighted by Gasteiger charge is -2.04. The average Bonchev–Trinajstić information content (AvgIpc) is 1.58. The average molecular weight is 144 g/mol. The van der Waals surface area contributed by atoms with E-state index in [0.717, 1.165) is 0 Å². The molecule has 0 radical (unpaired) electrons. The third kappa shape index (κ3) is 5.76. The highest BCUT2D eigenvalue weighted by Crippen LogP contribution is 2.04. The van der Waals surface area contributed by atoms with Crippen molar-refractivity contribution in [3.8, 4) is 0 Å². The molecule has 0 aromatic heterocycles. The molecular formula is C8H16O2. The summed E-state index contributed by atoms with van der Waals surface area (Å²) in [7, 11) is 0. The van der Waals surface area contributed by atoms with Crippen molar-refractivity contribution >= 4 is 5.78 Å². The van der Waals surface area contributed by atoms with Crippen molar-refractivity contribution < 1.29 is 9.90 Å². The highest BCUT2D eigenvalue weighted by atomic mass is 16.3. The Kier molecular flexibility index (Phi) is 4.28. The van der Waals surface area contributed by atoms with E-state index in [0.29, 0.717) is 18.8 Å². The van der Waals surface area contributed by atoms with E-state index < -0.39 is 6.10 Å². The highest BCUT2D eigenvalue weighted by Gasteiger charge is 2.07. The Bertz CT molecular complexity index is 93.8. The van der Waals surface area contributed by atoms with Crippen LogP contribution in [0.3, 0.4) is 0 Å². The number of aliphatic hydroxyl groups is 1. The van der Waals surface area contributed by atoms with Gasteiger partial charge in [0.15, 0.2) is 0 Å². The summed E-state index contributed by atoms with van der Waals surface area (Å²) < 4.78 is 0. The summed E-state index contributed by atoms with van der Waals surface area (Å²) in [6.07, 6.45) is 0.412. The second-order valence-corrected chi connectivity index (χ2v) is 3.19. The van der Waals surface area contributed by atoms with Gasteiger partial charge in [-0.05, 0) is 12.8 Å². The van der Waals surface area contributed by atoms with E-state index in [9.17, 15) is 4.79 Å². The minimum atomic E-state index is -0.480.